The van der Waals surface area contributed by atoms with Crippen molar-refractivity contribution in [3.63, 3.8) is 0 Å². The average Bonchev–Trinajstić information content (AvgIpc) is 2.36. The van der Waals surface area contributed by atoms with Crippen LogP contribution in [0.15, 0.2) is 30.3 Å². The monoisotopic (exact) mass is 254 g/mol. The summed E-state index contributed by atoms with van der Waals surface area (Å²) in [4.78, 5) is 0. The van der Waals surface area contributed by atoms with Crippen LogP contribution in [0, 0.1) is 5.92 Å². The van der Waals surface area contributed by atoms with E-state index in [-0.39, 0.29) is 31.0 Å². The molecule has 1 aromatic carbocycles. The van der Waals surface area contributed by atoms with Crippen molar-refractivity contribution in [2.75, 3.05) is 0 Å². The molecule has 1 atom stereocenters. The Balaban J connectivity index is 0. The second-order valence-corrected chi connectivity index (χ2v) is 4.82. The van der Waals surface area contributed by atoms with E-state index in [9.17, 15) is 0 Å². The van der Waals surface area contributed by atoms with Crippen LogP contribution in [-0.2, 0) is 6.42 Å². The first-order chi connectivity index (χ1) is 8.31. The molecule has 0 fully saturated rings. The van der Waals surface area contributed by atoms with E-state index >= 15 is 0 Å². The molecule has 0 heterocycles. The molecular weight excluding hydrogens is 227 g/mol. The Labute approximate surface area is 137 Å². The zero-order chi connectivity index (χ0) is 12.5. The summed E-state index contributed by atoms with van der Waals surface area (Å²) in [5.41, 5.74) is 2.90. The molecule has 0 radical (unpaired) electrons. The predicted octanol–water partition coefficient (Wildman–Crippen LogP) is 2.60. The second-order valence-electron chi connectivity index (χ2n) is 4.82. The van der Waals surface area contributed by atoms with Gasteiger partial charge in [-0.2, -0.15) is 0 Å². The van der Waals surface area contributed by atoms with Crippen LogP contribution in [0.2, 0.25) is 0 Å². The van der Waals surface area contributed by atoms with Crippen LogP contribution < -0.4 is 29.6 Å². The minimum Gasteiger partial charge on any atom is -1.00 e. The van der Waals surface area contributed by atoms with Gasteiger partial charge in [0.25, 0.3) is 0 Å². The van der Waals surface area contributed by atoms with E-state index in [1.54, 1.807) is 0 Å². The van der Waals surface area contributed by atoms with E-state index in [2.05, 4.69) is 57.2 Å². The van der Waals surface area contributed by atoms with Crippen molar-refractivity contribution in [2.45, 2.75) is 52.9 Å². The van der Waals surface area contributed by atoms with Crippen LogP contribution in [-0.4, -0.2) is 0 Å². The molecule has 0 amide bonds. The quantitative estimate of drug-likeness (QED) is 0.656. The second kappa shape index (κ2) is 10.8. The van der Waals surface area contributed by atoms with Gasteiger partial charge in [-0.15, -0.1) is 0 Å². The van der Waals surface area contributed by atoms with Crippen molar-refractivity contribution in [3.8, 4) is 0 Å². The van der Waals surface area contributed by atoms with E-state index in [0.717, 1.165) is 5.92 Å². The van der Waals surface area contributed by atoms with Gasteiger partial charge in [0, 0.05) is 0 Å². The Morgan fingerprint density at radius 3 is 2.56 bits per heavy atom. The average molecular weight is 254 g/mol. The summed E-state index contributed by atoms with van der Waals surface area (Å²) in [5.74, 6) is 0.848. The van der Waals surface area contributed by atoms with Crippen LogP contribution in [0.3, 0.4) is 0 Å². The molecule has 0 aliphatic heterocycles. The topological polar surface area (TPSA) is 0 Å². The summed E-state index contributed by atoms with van der Waals surface area (Å²) in [6.07, 6.45) is 10.9. The van der Waals surface area contributed by atoms with E-state index in [1.165, 1.54) is 43.2 Å². The van der Waals surface area contributed by atoms with Gasteiger partial charge in [0.05, 0.1) is 0 Å². The molecular formula is C17H27Na. The molecule has 0 spiro atoms. The van der Waals surface area contributed by atoms with Crippen molar-refractivity contribution in [1.29, 1.82) is 0 Å². The maximum absolute atomic E-state index is 2.32. The normalized spacial score (nSPS) is 12.4. The van der Waals surface area contributed by atoms with Crippen molar-refractivity contribution in [1.82, 2.24) is 0 Å². The Morgan fingerprint density at radius 2 is 1.94 bits per heavy atom. The third-order valence-corrected chi connectivity index (χ3v) is 3.45. The van der Waals surface area contributed by atoms with Crippen molar-refractivity contribution < 1.29 is 31.0 Å². The summed E-state index contributed by atoms with van der Waals surface area (Å²) in [5, 5.41) is 0. The number of allylic oxidation sites excluding steroid dienone is 1. The minimum atomic E-state index is 0. The van der Waals surface area contributed by atoms with Gasteiger partial charge in [0.15, 0.2) is 0 Å². The summed E-state index contributed by atoms with van der Waals surface area (Å²) in [7, 11) is 0. The van der Waals surface area contributed by atoms with Crippen LogP contribution in [0.1, 0.15) is 59.0 Å². The molecule has 0 saturated heterocycles. The molecule has 18 heavy (non-hydrogen) atoms. The molecule has 0 aliphatic rings. The molecule has 1 unspecified atom stereocenters. The fourth-order valence-electron chi connectivity index (χ4n) is 2.32. The maximum atomic E-state index is 2.32. The first-order valence-electron chi connectivity index (χ1n) is 7.02. The summed E-state index contributed by atoms with van der Waals surface area (Å²) >= 11 is 0. The third kappa shape index (κ3) is 6.22. The number of benzene rings is 1. The van der Waals surface area contributed by atoms with E-state index in [0.29, 0.717) is 0 Å². The number of rotatable bonds is 7. The first kappa shape index (κ1) is 18.0. The summed E-state index contributed by atoms with van der Waals surface area (Å²) in [6, 6.07) is 8.80. The van der Waals surface area contributed by atoms with Crippen LogP contribution in [0.5, 0.6) is 0 Å². The SMILES string of the molecule is C/C=C\c1ccccc1CC(CC)CCCC.[H-].[Na+]. The zero-order valence-corrected chi connectivity index (χ0v) is 14.6. The smallest absolute Gasteiger partial charge is 1.00 e. The van der Waals surface area contributed by atoms with Gasteiger partial charge >= 0.3 is 29.6 Å². The van der Waals surface area contributed by atoms with Crippen molar-refractivity contribution in [2.24, 2.45) is 5.92 Å². The van der Waals surface area contributed by atoms with Crippen molar-refractivity contribution >= 4 is 6.08 Å². The maximum Gasteiger partial charge on any atom is 1.00 e. The molecule has 0 saturated carbocycles. The summed E-state index contributed by atoms with van der Waals surface area (Å²) < 4.78 is 0. The van der Waals surface area contributed by atoms with Crippen molar-refractivity contribution in [3.05, 3.63) is 41.5 Å². The van der Waals surface area contributed by atoms with Gasteiger partial charge < -0.3 is 1.43 Å². The molecule has 0 aromatic heterocycles. The fraction of sp³-hybridized carbons (Fsp3) is 0.529. The van der Waals surface area contributed by atoms with E-state index in [4.69, 9.17) is 0 Å². The largest absolute Gasteiger partial charge is 1.00 e. The van der Waals surface area contributed by atoms with Gasteiger partial charge in [-0.25, -0.2) is 0 Å². The summed E-state index contributed by atoms with van der Waals surface area (Å²) in [6.45, 7) is 6.68. The molecule has 96 valence electrons. The zero-order valence-electron chi connectivity index (χ0n) is 13.6. The van der Waals surface area contributed by atoms with Gasteiger partial charge in [-0.3, -0.25) is 0 Å². The third-order valence-electron chi connectivity index (χ3n) is 3.45. The fourth-order valence-corrected chi connectivity index (χ4v) is 2.32. The molecule has 0 aliphatic carbocycles. The minimum absolute atomic E-state index is 0. The van der Waals surface area contributed by atoms with Crippen LogP contribution in [0.4, 0.5) is 0 Å². The number of hydrogen-bond donors (Lipinski definition) is 0. The van der Waals surface area contributed by atoms with Gasteiger partial charge in [-0.1, -0.05) is 75.9 Å². The first-order valence-corrected chi connectivity index (χ1v) is 7.02. The molecule has 0 bridgehead atoms. The molecule has 0 N–H and O–H groups in total. The Hall–Kier alpha value is -0.0400. The van der Waals surface area contributed by atoms with E-state index < -0.39 is 0 Å². The van der Waals surface area contributed by atoms with Crippen LogP contribution in [0.25, 0.3) is 6.08 Å². The van der Waals surface area contributed by atoms with Gasteiger partial charge in [0.1, 0.15) is 0 Å². The molecule has 1 rings (SSSR count). The predicted molar refractivity (Wildman–Crippen MR) is 79.3 cm³/mol. The standard InChI is InChI=1S/C17H26.Na.H/c1-4-7-11-15(6-3)14-17-13-9-8-12-16(17)10-5-2;;/h5,8-10,12-13,15H,4,6-7,11,14H2,1-3H3;;/q;+1;-1/b10-5-;;. The van der Waals surface area contributed by atoms with Gasteiger partial charge in [-0.05, 0) is 30.4 Å². The molecule has 1 aromatic rings. The molecule has 1 heteroatoms. The van der Waals surface area contributed by atoms with Crippen LogP contribution >= 0.6 is 0 Å². The van der Waals surface area contributed by atoms with E-state index in [1.807, 2.05) is 0 Å². The van der Waals surface area contributed by atoms with Gasteiger partial charge in [0.2, 0.25) is 0 Å². The molecule has 0 nitrogen and oxygen atoms in total. The Bertz CT molecular complexity index is 347. The Morgan fingerprint density at radius 1 is 1.22 bits per heavy atom. The number of hydrogen-bond acceptors (Lipinski definition) is 0. The Kier molecular flexibility index (Phi) is 10.8. The number of unbranched alkanes of at least 4 members (excludes halogenated alkanes) is 1.